The predicted molar refractivity (Wildman–Crippen MR) is 72.3 cm³/mol. The SMILES string of the molecule is CNC1CCN(C(=O)c2cc(Cl)sc2Cl)CC1. The highest BCUT2D eigenvalue weighted by atomic mass is 35.5. The summed E-state index contributed by atoms with van der Waals surface area (Å²) in [6.07, 6.45) is 1.97. The molecule has 0 radical (unpaired) electrons. The molecule has 3 nitrogen and oxygen atoms in total. The molecule has 0 bridgehead atoms. The van der Waals surface area contributed by atoms with E-state index < -0.39 is 0 Å². The second-order valence-corrected chi connectivity index (χ2v) is 6.38. The average molecular weight is 293 g/mol. The summed E-state index contributed by atoms with van der Waals surface area (Å²) in [7, 11) is 1.96. The number of amides is 1. The highest BCUT2D eigenvalue weighted by Gasteiger charge is 2.25. The zero-order valence-electron chi connectivity index (χ0n) is 9.50. The number of likely N-dealkylation sites (tertiary alicyclic amines) is 1. The molecule has 1 amide bonds. The monoisotopic (exact) mass is 292 g/mol. The van der Waals surface area contributed by atoms with Gasteiger partial charge in [0, 0.05) is 19.1 Å². The molecule has 0 aromatic carbocycles. The van der Waals surface area contributed by atoms with E-state index in [-0.39, 0.29) is 5.91 Å². The van der Waals surface area contributed by atoms with Crippen molar-refractivity contribution in [1.82, 2.24) is 10.2 Å². The number of rotatable bonds is 2. The molecule has 1 N–H and O–H groups in total. The van der Waals surface area contributed by atoms with E-state index in [1.165, 1.54) is 11.3 Å². The largest absolute Gasteiger partial charge is 0.338 e. The van der Waals surface area contributed by atoms with Crippen LogP contribution in [0.3, 0.4) is 0 Å². The Bertz CT molecular complexity index is 414. The fourth-order valence-electron chi connectivity index (χ4n) is 2.03. The number of piperidine rings is 1. The van der Waals surface area contributed by atoms with Crippen LogP contribution in [0.2, 0.25) is 8.67 Å². The summed E-state index contributed by atoms with van der Waals surface area (Å²) >= 11 is 13.1. The van der Waals surface area contributed by atoms with Crippen molar-refractivity contribution in [2.24, 2.45) is 0 Å². The Kier molecular flexibility index (Phi) is 4.31. The van der Waals surface area contributed by atoms with E-state index in [1.807, 2.05) is 11.9 Å². The van der Waals surface area contributed by atoms with Crippen molar-refractivity contribution in [1.29, 1.82) is 0 Å². The van der Waals surface area contributed by atoms with Crippen LogP contribution in [0.15, 0.2) is 6.07 Å². The Balaban J connectivity index is 2.04. The first-order valence-electron chi connectivity index (χ1n) is 5.53. The van der Waals surface area contributed by atoms with Crippen molar-refractivity contribution >= 4 is 40.4 Å². The van der Waals surface area contributed by atoms with Gasteiger partial charge in [-0.2, -0.15) is 0 Å². The summed E-state index contributed by atoms with van der Waals surface area (Å²) in [5, 5.41) is 3.24. The highest BCUT2D eigenvalue weighted by molar-refractivity contribution is 7.20. The van der Waals surface area contributed by atoms with Crippen LogP contribution in [0.5, 0.6) is 0 Å². The molecule has 1 fully saturated rings. The minimum atomic E-state index is -0.00676. The molecule has 1 aromatic rings. The topological polar surface area (TPSA) is 32.3 Å². The normalized spacial score (nSPS) is 17.5. The van der Waals surface area contributed by atoms with Crippen LogP contribution in [-0.2, 0) is 0 Å². The molecule has 6 heteroatoms. The van der Waals surface area contributed by atoms with E-state index in [1.54, 1.807) is 6.07 Å². The Morgan fingerprint density at radius 2 is 2.12 bits per heavy atom. The quantitative estimate of drug-likeness (QED) is 0.909. The Labute approximate surface area is 115 Å². The van der Waals surface area contributed by atoms with Gasteiger partial charge in [0.1, 0.15) is 4.34 Å². The van der Waals surface area contributed by atoms with Crippen LogP contribution in [0, 0.1) is 0 Å². The summed E-state index contributed by atoms with van der Waals surface area (Å²) in [4.78, 5) is 14.0. The lowest BCUT2D eigenvalue weighted by atomic mass is 10.0. The van der Waals surface area contributed by atoms with Crippen LogP contribution in [0.1, 0.15) is 23.2 Å². The average Bonchev–Trinajstić information content (AvgIpc) is 2.68. The van der Waals surface area contributed by atoms with Gasteiger partial charge in [0.15, 0.2) is 0 Å². The lowest BCUT2D eigenvalue weighted by Crippen LogP contribution is -2.43. The van der Waals surface area contributed by atoms with E-state index in [0.717, 1.165) is 25.9 Å². The van der Waals surface area contributed by atoms with Crippen molar-refractivity contribution in [3.05, 3.63) is 20.3 Å². The highest BCUT2D eigenvalue weighted by Crippen LogP contribution is 2.32. The first-order valence-corrected chi connectivity index (χ1v) is 7.10. The summed E-state index contributed by atoms with van der Waals surface area (Å²) in [5.74, 6) is -0.00676. The van der Waals surface area contributed by atoms with Crippen molar-refractivity contribution in [2.45, 2.75) is 18.9 Å². The van der Waals surface area contributed by atoms with Crippen LogP contribution in [-0.4, -0.2) is 37.0 Å². The molecule has 2 rings (SSSR count). The molecule has 1 aliphatic heterocycles. The third-order valence-electron chi connectivity index (χ3n) is 3.08. The van der Waals surface area contributed by atoms with Crippen LogP contribution >= 0.6 is 34.5 Å². The molecule has 1 aromatic heterocycles. The standard InChI is InChI=1S/C11H14Cl2N2OS/c1-14-7-2-4-15(5-3-7)11(16)8-6-9(12)17-10(8)13/h6-7,14H,2-5H2,1H3. The van der Waals surface area contributed by atoms with Gasteiger partial charge in [-0.15, -0.1) is 11.3 Å². The number of carbonyl (C=O) groups excluding carboxylic acids is 1. The summed E-state index contributed by atoms with van der Waals surface area (Å²) in [6, 6.07) is 2.17. The second kappa shape index (κ2) is 5.57. The first-order chi connectivity index (χ1) is 8.11. The fourth-order valence-corrected chi connectivity index (χ4v) is 3.48. The molecule has 0 aliphatic carbocycles. The van der Waals surface area contributed by atoms with Gasteiger partial charge in [-0.25, -0.2) is 0 Å². The lowest BCUT2D eigenvalue weighted by molar-refractivity contribution is 0.0708. The van der Waals surface area contributed by atoms with Crippen LogP contribution in [0.4, 0.5) is 0 Å². The van der Waals surface area contributed by atoms with Gasteiger partial charge in [0.2, 0.25) is 0 Å². The molecular formula is C11H14Cl2N2OS. The van der Waals surface area contributed by atoms with E-state index in [0.29, 0.717) is 20.3 Å². The van der Waals surface area contributed by atoms with Crippen molar-refractivity contribution in [3.8, 4) is 0 Å². The summed E-state index contributed by atoms with van der Waals surface area (Å²) in [6.45, 7) is 1.54. The Hall–Kier alpha value is -0.290. The third kappa shape index (κ3) is 2.94. The van der Waals surface area contributed by atoms with Gasteiger partial charge in [-0.3, -0.25) is 4.79 Å². The van der Waals surface area contributed by atoms with E-state index >= 15 is 0 Å². The Morgan fingerprint density at radius 3 is 2.59 bits per heavy atom. The fraction of sp³-hybridized carbons (Fsp3) is 0.545. The molecule has 94 valence electrons. The number of hydrogen-bond acceptors (Lipinski definition) is 3. The van der Waals surface area contributed by atoms with Gasteiger partial charge >= 0.3 is 0 Å². The number of nitrogens with one attached hydrogen (secondary N) is 1. The molecule has 1 saturated heterocycles. The first kappa shape index (κ1) is 13.1. The van der Waals surface area contributed by atoms with Crippen LogP contribution in [0.25, 0.3) is 0 Å². The number of thiophene rings is 1. The molecule has 0 saturated carbocycles. The van der Waals surface area contributed by atoms with Crippen molar-refractivity contribution in [3.63, 3.8) is 0 Å². The van der Waals surface area contributed by atoms with E-state index in [2.05, 4.69) is 5.32 Å². The van der Waals surface area contributed by atoms with E-state index in [4.69, 9.17) is 23.2 Å². The zero-order chi connectivity index (χ0) is 12.4. The summed E-state index contributed by atoms with van der Waals surface area (Å²) < 4.78 is 1.04. The number of nitrogens with zero attached hydrogens (tertiary/aromatic N) is 1. The molecule has 0 spiro atoms. The maximum atomic E-state index is 12.2. The molecule has 0 unspecified atom stereocenters. The maximum Gasteiger partial charge on any atom is 0.256 e. The predicted octanol–water partition coefficient (Wildman–Crippen LogP) is 2.88. The van der Waals surface area contributed by atoms with Gasteiger partial charge in [0.05, 0.1) is 9.90 Å². The van der Waals surface area contributed by atoms with Gasteiger partial charge < -0.3 is 10.2 Å². The number of carbonyl (C=O) groups is 1. The number of halogens is 2. The number of hydrogen-bond donors (Lipinski definition) is 1. The Morgan fingerprint density at radius 1 is 1.47 bits per heavy atom. The minimum absolute atomic E-state index is 0.00676. The second-order valence-electron chi connectivity index (χ2n) is 4.09. The van der Waals surface area contributed by atoms with E-state index in [9.17, 15) is 4.79 Å². The smallest absolute Gasteiger partial charge is 0.256 e. The molecule has 1 aliphatic rings. The van der Waals surface area contributed by atoms with Crippen molar-refractivity contribution < 1.29 is 4.79 Å². The maximum absolute atomic E-state index is 12.2. The van der Waals surface area contributed by atoms with Crippen LogP contribution < -0.4 is 5.32 Å². The molecule has 17 heavy (non-hydrogen) atoms. The van der Waals surface area contributed by atoms with Crippen molar-refractivity contribution in [2.75, 3.05) is 20.1 Å². The van der Waals surface area contributed by atoms with Gasteiger partial charge in [0.25, 0.3) is 5.91 Å². The minimum Gasteiger partial charge on any atom is -0.338 e. The summed E-state index contributed by atoms with van der Waals surface area (Å²) in [5.41, 5.74) is 0.532. The molecule has 0 atom stereocenters. The molecular weight excluding hydrogens is 279 g/mol. The zero-order valence-corrected chi connectivity index (χ0v) is 11.8. The molecule has 2 heterocycles. The van der Waals surface area contributed by atoms with Gasteiger partial charge in [-0.1, -0.05) is 23.2 Å². The van der Waals surface area contributed by atoms with Gasteiger partial charge in [-0.05, 0) is 26.0 Å². The third-order valence-corrected chi connectivity index (χ3v) is 4.57. The lowest BCUT2D eigenvalue weighted by Gasteiger charge is -2.31.